The van der Waals surface area contributed by atoms with Gasteiger partial charge in [0.05, 0.1) is 21.7 Å². The van der Waals surface area contributed by atoms with Crippen LogP contribution in [0.3, 0.4) is 0 Å². The molecule has 0 radical (unpaired) electrons. The number of benzene rings is 3. The van der Waals surface area contributed by atoms with E-state index in [9.17, 15) is 32.9 Å². The van der Waals surface area contributed by atoms with E-state index in [2.05, 4.69) is 5.10 Å². The number of hydrogen-bond acceptors (Lipinski definition) is 5. The highest BCUT2D eigenvalue weighted by Crippen LogP contribution is 2.41. The normalized spacial score (nSPS) is 14.3. The van der Waals surface area contributed by atoms with Crippen molar-refractivity contribution >= 4 is 17.4 Å². The van der Waals surface area contributed by atoms with E-state index in [-0.39, 0.29) is 46.0 Å². The summed E-state index contributed by atoms with van der Waals surface area (Å²) in [5.41, 5.74) is 1.73. The minimum atomic E-state index is -4.54. The standard InChI is InChI=1S/C33H31F3N4O4/c1-20-5-7-21(8-6-20)15-16-38(4)31(42)23-11-14-25(26(17-23)40(43)44)39-27-18-32(2,3)19-28(41)29(27)30(37-39)22-9-12-24(13-10-22)33(34,35)36/h5-14,17H,15-16,18-19H2,1-4H3. The van der Waals surface area contributed by atoms with Gasteiger partial charge in [0.1, 0.15) is 11.4 Å². The number of Topliss-reactive ketones (excluding diaryl/α,β-unsaturated/α-hetero) is 1. The van der Waals surface area contributed by atoms with Crippen LogP contribution in [-0.2, 0) is 19.0 Å². The summed E-state index contributed by atoms with van der Waals surface area (Å²) < 4.78 is 40.9. The molecule has 4 aromatic rings. The number of carbonyl (C=O) groups excluding carboxylic acids is 2. The number of aromatic nitrogens is 2. The lowest BCUT2D eigenvalue weighted by molar-refractivity contribution is -0.384. The topological polar surface area (TPSA) is 98.3 Å². The molecule has 0 bridgehead atoms. The molecule has 1 aliphatic carbocycles. The second-order valence-corrected chi connectivity index (χ2v) is 12.0. The third-order valence-corrected chi connectivity index (χ3v) is 7.88. The van der Waals surface area contributed by atoms with E-state index in [1.54, 1.807) is 7.05 Å². The quantitative estimate of drug-likeness (QED) is 0.164. The van der Waals surface area contributed by atoms with Crippen LogP contribution in [0.1, 0.15) is 63.4 Å². The molecule has 0 saturated carbocycles. The van der Waals surface area contributed by atoms with E-state index >= 15 is 0 Å². The fraction of sp³-hybridized carbons (Fsp3) is 0.303. The second kappa shape index (κ2) is 11.4. The van der Waals surface area contributed by atoms with Crippen LogP contribution in [0.4, 0.5) is 18.9 Å². The lowest BCUT2D eigenvalue weighted by atomic mass is 9.75. The average molecular weight is 605 g/mol. The summed E-state index contributed by atoms with van der Waals surface area (Å²) in [5.74, 6) is -0.641. The Labute approximate surface area is 252 Å². The molecule has 228 valence electrons. The first kappa shape index (κ1) is 30.7. The maximum atomic E-state index is 13.4. The van der Waals surface area contributed by atoms with Crippen molar-refractivity contribution in [3.63, 3.8) is 0 Å². The van der Waals surface area contributed by atoms with Crippen molar-refractivity contribution in [3.05, 3.63) is 110 Å². The van der Waals surface area contributed by atoms with E-state index in [4.69, 9.17) is 0 Å². The van der Waals surface area contributed by atoms with Crippen molar-refractivity contribution in [1.29, 1.82) is 0 Å². The number of hydrogen-bond donors (Lipinski definition) is 0. The van der Waals surface area contributed by atoms with Gasteiger partial charge in [-0.1, -0.05) is 55.8 Å². The van der Waals surface area contributed by atoms with Crippen molar-refractivity contribution in [2.45, 2.75) is 46.2 Å². The highest BCUT2D eigenvalue weighted by Gasteiger charge is 2.38. The van der Waals surface area contributed by atoms with Gasteiger partial charge < -0.3 is 4.90 Å². The van der Waals surface area contributed by atoms with Crippen LogP contribution < -0.4 is 0 Å². The third kappa shape index (κ3) is 6.13. The molecule has 1 heterocycles. The lowest BCUT2D eigenvalue weighted by Gasteiger charge is -2.29. The average Bonchev–Trinajstić information content (AvgIpc) is 3.34. The van der Waals surface area contributed by atoms with Gasteiger partial charge in [-0.3, -0.25) is 19.7 Å². The van der Waals surface area contributed by atoms with Crippen LogP contribution in [0.25, 0.3) is 16.9 Å². The Morgan fingerprint density at radius 3 is 2.32 bits per heavy atom. The van der Waals surface area contributed by atoms with Gasteiger partial charge in [-0.15, -0.1) is 0 Å². The van der Waals surface area contributed by atoms with Gasteiger partial charge in [-0.05, 0) is 55.0 Å². The van der Waals surface area contributed by atoms with Gasteiger partial charge in [-0.2, -0.15) is 18.3 Å². The molecule has 44 heavy (non-hydrogen) atoms. The number of carbonyl (C=O) groups is 2. The number of nitro benzene ring substituents is 1. The lowest BCUT2D eigenvalue weighted by Crippen LogP contribution is -2.29. The minimum absolute atomic E-state index is 0.0498. The number of ketones is 1. The van der Waals surface area contributed by atoms with Crippen LogP contribution in [0, 0.1) is 22.5 Å². The van der Waals surface area contributed by atoms with Gasteiger partial charge in [0.25, 0.3) is 11.6 Å². The first-order valence-corrected chi connectivity index (χ1v) is 14.1. The SMILES string of the molecule is Cc1ccc(CCN(C)C(=O)c2ccc(-n3nc(-c4ccc(C(F)(F)F)cc4)c4c3CC(C)(C)CC4=O)c([N+](=O)[O-])c2)cc1. The largest absolute Gasteiger partial charge is 0.416 e. The minimum Gasteiger partial charge on any atom is -0.341 e. The Balaban J connectivity index is 1.53. The van der Waals surface area contributed by atoms with Crippen LogP contribution in [0.2, 0.25) is 0 Å². The Morgan fingerprint density at radius 2 is 1.70 bits per heavy atom. The van der Waals surface area contributed by atoms with Crippen LogP contribution in [0.5, 0.6) is 0 Å². The Bertz CT molecular complexity index is 1760. The highest BCUT2D eigenvalue weighted by molar-refractivity contribution is 6.04. The van der Waals surface area contributed by atoms with Gasteiger partial charge in [0.2, 0.25) is 0 Å². The maximum Gasteiger partial charge on any atom is 0.416 e. The van der Waals surface area contributed by atoms with Gasteiger partial charge in [-0.25, -0.2) is 4.68 Å². The number of rotatable bonds is 7. The van der Waals surface area contributed by atoms with Crippen molar-refractivity contribution < 1.29 is 27.7 Å². The Morgan fingerprint density at radius 1 is 1.05 bits per heavy atom. The van der Waals surface area contributed by atoms with Crippen LogP contribution in [0.15, 0.2) is 66.7 Å². The maximum absolute atomic E-state index is 13.4. The number of likely N-dealkylation sites (N-methyl/N-ethyl adjacent to an activating group) is 1. The molecule has 1 amide bonds. The summed E-state index contributed by atoms with van der Waals surface area (Å²) in [6, 6.07) is 16.4. The van der Waals surface area contributed by atoms with E-state index in [0.29, 0.717) is 25.1 Å². The monoisotopic (exact) mass is 604 g/mol. The number of aryl methyl sites for hydroxylation is 1. The zero-order valence-electron chi connectivity index (χ0n) is 24.7. The van der Waals surface area contributed by atoms with Crippen molar-refractivity contribution in [3.8, 4) is 16.9 Å². The van der Waals surface area contributed by atoms with E-state index in [1.807, 2.05) is 45.0 Å². The predicted molar refractivity (Wildman–Crippen MR) is 159 cm³/mol. The van der Waals surface area contributed by atoms with Gasteiger partial charge in [0.15, 0.2) is 5.78 Å². The van der Waals surface area contributed by atoms with Crippen molar-refractivity contribution in [2.24, 2.45) is 5.41 Å². The summed E-state index contributed by atoms with van der Waals surface area (Å²) in [6.45, 7) is 6.18. The zero-order valence-corrected chi connectivity index (χ0v) is 24.7. The summed E-state index contributed by atoms with van der Waals surface area (Å²) in [4.78, 5) is 39.8. The Kier molecular flexibility index (Phi) is 7.92. The molecule has 0 aliphatic heterocycles. The molecule has 1 aromatic heterocycles. The molecule has 5 rings (SSSR count). The number of halogens is 3. The number of nitrogens with zero attached hydrogens (tertiary/aromatic N) is 4. The molecular formula is C33H31F3N4O4. The highest BCUT2D eigenvalue weighted by atomic mass is 19.4. The van der Waals surface area contributed by atoms with Crippen molar-refractivity contribution in [1.82, 2.24) is 14.7 Å². The zero-order chi connectivity index (χ0) is 32.0. The van der Waals surface area contributed by atoms with Crippen LogP contribution in [-0.4, -0.2) is 44.9 Å². The fourth-order valence-corrected chi connectivity index (χ4v) is 5.52. The van der Waals surface area contributed by atoms with E-state index in [1.165, 1.54) is 39.9 Å². The smallest absolute Gasteiger partial charge is 0.341 e. The molecule has 11 heteroatoms. The van der Waals surface area contributed by atoms with Crippen LogP contribution >= 0.6 is 0 Å². The molecule has 3 aromatic carbocycles. The Hall–Kier alpha value is -4.80. The molecular weight excluding hydrogens is 573 g/mol. The first-order valence-electron chi connectivity index (χ1n) is 14.1. The van der Waals surface area contributed by atoms with Crippen molar-refractivity contribution in [2.75, 3.05) is 13.6 Å². The number of amides is 1. The molecule has 0 unspecified atom stereocenters. The van der Waals surface area contributed by atoms with Gasteiger partial charge >= 0.3 is 6.18 Å². The van der Waals surface area contributed by atoms with E-state index in [0.717, 1.165) is 23.3 Å². The second-order valence-electron chi connectivity index (χ2n) is 12.0. The molecule has 0 fully saturated rings. The summed E-state index contributed by atoms with van der Waals surface area (Å²) >= 11 is 0. The molecule has 0 spiro atoms. The molecule has 0 N–H and O–H groups in total. The molecule has 0 saturated heterocycles. The summed E-state index contributed by atoms with van der Waals surface area (Å²) in [6.07, 6.45) is -3.39. The molecule has 0 atom stereocenters. The number of nitro groups is 1. The first-order chi connectivity index (χ1) is 20.6. The molecule has 8 nitrogen and oxygen atoms in total. The predicted octanol–water partition coefficient (Wildman–Crippen LogP) is 7.24. The third-order valence-electron chi connectivity index (χ3n) is 7.88. The summed E-state index contributed by atoms with van der Waals surface area (Å²) in [5, 5.41) is 16.9. The summed E-state index contributed by atoms with van der Waals surface area (Å²) in [7, 11) is 1.63. The number of alkyl halides is 3. The number of fused-ring (bicyclic) bond motifs is 1. The van der Waals surface area contributed by atoms with E-state index < -0.39 is 28.0 Å². The van der Waals surface area contributed by atoms with Gasteiger partial charge in [0, 0.05) is 37.2 Å². The molecule has 1 aliphatic rings. The fourth-order valence-electron chi connectivity index (χ4n) is 5.52.